The van der Waals surface area contributed by atoms with Crippen LogP contribution in [0.25, 0.3) is 0 Å². The minimum atomic E-state index is -0.215. The SMILES string of the molecule is CN1CCC[C@H]1C(=O)c1nnc(C(C)(C)C)o1. The van der Waals surface area contributed by atoms with Gasteiger partial charge in [-0.25, -0.2) is 0 Å². The van der Waals surface area contributed by atoms with Gasteiger partial charge in [-0.3, -0.25) is 9.69 Å². The molecular formula is C12H19N3O2. The molecule has 1 saturated heterocycles. The lowest BCUT2D eigenvalue weighted by Crippen LogP contribution is -2.33. The molecule has 94 valence electrons. The fourth-order valence-corrected chi connectivity index (χ4v) is 2.01. The number of nitrogens with zero attached hydrogens (tertiary/aromatic N) is 3. The first-order chi connectivity index (χ1) is 7.89. The normalized spacial score (nSPS) is 22.0. The van der Waals surface area contributed by atoms with Crippen LogP contribution in [0.3, 0.4) is 0 Å². The van der Waals surface area contributed by atoms with E-state index in [4.69, 9.17) is 4.42 Å². The van der Waals surface area contributed by atoms with Crippen LogP contribution in [-0.4, -0.2) is 40.5 Å². The largest absolute Gasteiger partial charge is 0.418 e. The third-order valence-corrected chi connectivity index (χ3v) is 3.10. The lowest BCUT2D eigenvalue weighted by atomic mass is 9.97. The minimum Gasteiger partial charge on any atom is -0.418 e. The van der Waals surface area contributed by atoms with Gasteiger partial charge in [0, 0.05) is 5.41 Å². The molecule has 0 saturated carbocycles. The summed E-state index contributed by atoms with van der Waals surface area (Å²) in [7, 11) is 1.95. The number of hydrogen-bond donors (Lipinski definition) is 0. The summed E-state index contributed by atoms with van der Waals surface area (Å²) in [6.07, 6.45) is 1.93. The predicted molar refractivity (Wildman–Crippen MR) is 63.0 cm³/mol. The van der Waals surface area contributed by atoms with Gasteiger partial charge in [-0.2, -0.15) is 0 Å². The monoisotopic (exact) mass is 237 g/mol. The number of likely N-dealkylation sites (tertiary alicyclic amines) is 1. The first kappa shape index (κ1) is 12.2. The minimum absolute atomic E-state index is 0.0481. The van der Waals surface area contributed by atoms with Crippen LogP contribution in [0.15, 0.2) is 4.42 Å². The molecule has 1 aliphatic heterocycles. The van der Waals surface area contributed by atoms with Crippen molar-refractivity contribution in [3.63, 3.8) is 0 Å². The van der Waals surface area contributed by atoms with Crippen molar-refractivity contribution in [1.82, 2.24) is 15.1 Å². The maximum absolute atomic E-state index is 12.2. The van der Waals surface area contributed by atoms with Crippen LogP contribution in [0.4, 0.5) is 0 Å². The second-order valence-corrected chi connectivity index (χ2v) is 5.67. The molecule has 1 aromatic heterocycles. The zero-order chi connectivity index (χ0) is 12.6. The Balaban J connectivity index is 2.18. The molecule has 0 spiro atoms. The van der Waals surface area contributed by atoms with E-state index in [0.717, 1.165) is 19.4 Å². The summed E-state index contributed by atoms with van der Waals surface area (Å²) in [6.45, 7) is 6.90. The van der Waals surface area contributed by atoms with Crippen LogP contribution in [0.2, 0.25) is 0 Å². The summed E-state index contributed by atoms with van der Waals surface area (Å²) in [5, 5.41) is 7.82. The Labute approximate surface area is 101 Å². The van der Waals surface area contributed by atoms with Crippen molar-refractivity contribution in [2.24, 2.45) is 0 Å². The van der Waals surface area contributed by atoms with E-state index in [9.17, 15) is 4.79 Å². The highest BCUT2D eigenvalue weighted by Crippen LogP contribution is 2.23. The summed E-state index contributed by atoms with van der Waals surface area (Å²) in [6, 6.07) is -0.0942. The maximum Gasteiger partial charge on any atom is 0.285 e. The number of carbonyl (C=O) groups is 1. The van der Waals surface area contributed by atoms with E-state index in [-0.39, 0.29) is 23.1 Å². The van der Waals surface area contributed by atoms with Gasteiger partial charge < -0.3 is 4.42 Å². The van der Waals surface area contributed by atoms with Gasteiger partial charge in [0.1, 0.15) is 0 Å². The second-order valence-electron chi connectivity index (χ2n) is 5.67. The predicted octanol–water partition coefficient (Wildman–Crippen LogP) is 1.64. The summed E-state index contributed by atoms with van der Waals surface area (Å²) < 4.78 is 5.47. The number of rotatable bonds is 2. The molecule has 0 aromatic carbocycles. The molecule has 0 unspecified atom stereocenters. The third kappa shape index (κ3) is 2.39. The van der Waals surface area contributed by atoms with Crippen molar-refractivity contribution in [2.75, 3.05) is 13.6 Å². The average Bonchev–Trinajstić information content (AvgIpc) is 2.83. The zero-order valence-electron chi connectivity index (χ0n) is 10.9. The van der Waals surface area contributed by atoms with E-state index in [1.54, 1.807) is 0 Å². The van der Waals surface area contributed by atoms with Crippen molar-refractivity contribution >= 4 is 5.78 Å². The van der Waals surface area contributed by atoms with Gasteiger partial charge in [-0.15, -0.1) is 10.2 Å². The highest BCUT2D eigenvalue weighted by atomic mass is 16.4. The fraction of sp³-hybridized carbons (Fsp3) is 0.750. The third-order valence-electron chi connectivity index (χ3n) is 3.10. The molecule has 1 aliphatic rings. The molecule has 1 fully saturated rings. The van der Waals surface area contributed by atoms with Gasteiger partial charge in [-0.1, -0.05) is 20.8 Å². The van der Waals surface area contributed by atoms with Crippen LogP contribution in [-0.2, 0) is 5.41 Å². The lowest BCUT2D eigenvalue weighted by Gasteiger charge is -2.15. The Bertz CT molecular complexity index is 420. The molecule has 17 heavy (non-hydrogen) atoms. The molecule has 2 rings (SSSR count). The van der Waals surface area contributed by atoms with Gasteiger partial charge in [0.05, 0.1) is 6.04 Å². The Kier molecular flexibility index (Phi) is 3.03. The number of likely N-dealkylation sites (N-methyl/N-ethyl adjacent to an activating group) is 1. The molecule has 0 N–H and O–H groups in total. The Morgan fingerprint density at radius 3 is 2.59 bits per heavy atom. The Morgan fingerprint density at radius 1 is 1.41 bits per heavy atom. The molecule has 5 heteroatoms. The molecule has 0 radical (unpaired) electrons. The van der Waals surface area contributed by atoms with Crippen molar-refractivity contribution in [3.05, 3.63) is 11.8 Å². The van der Waals surface area contributed by atoms with Crippen molar-refractivity contribution < 1.29 is 9.21 Å². The average molecular weight is 237 g/mol. The van der Waals surface area contributed by atoms with Gasteiger partial charge in [-0.05, 0) is 26.4 Å². The highest BCUT2D eigenvalue weighted by molar-refractivity contribution is 5.96. The van der Waals surface area contributed by atoms with Crippen molar-refractivity contribution in [1.29, 1.82) is 0 Å². The quantitative estimate of drug-likeness (QED) is 0.732. The van der Waals surface area contributed by atoms with E-state index in [0.29, 0.717) is 5.89 Å². The summed E-state index contributed by atoms with van der Waals surface area (Å²) in [5.41, 5.74) is -0.215. The van der Waals surface area contributed by atoms with Gasteiger partial charge >= 0.3 is 0 Å². The Hall–Kier alpha value is -1.23. The summed E-state index contributed by atoms with van der Waals surface area (Å²) in [4.78, 5) is 14.2. The smallest absolute Gasteiger partial charge is 0.285 e. The molecule has 2 heterocycles. The van der Waals surface area contributed by atoms with Crippen LogP contribution >= 0.6 is 0 Å². The van der Waals surface area contributed by atoms with E-state index in [1.807, 2.05) is 32.7 Å². The zero-order valence-corrected chi connectivity index (χ0v) is 10.9. The second kappa shape index (κ2) is 4.22. The van der Waals surface area contributed by atoms with E-state index in [1.165, 1.54) is 0 Å². The molecule has 0 aliphatic carbocycles. The first-order valence-corrected chi connectivity index (χ1v) is 5.98. The molecule has 1 atom stereocenters. The van der Waals surface area contributed by atoms with E-state index < -0.39 is 0 Å². The lowest BCUT2D eigenvalue weighted by molar-refractivity contribution is 0.0851. The molecule has 0 amide bonds. The standard InChI is InChI=1S/C12H19N3O2/c1-12(2,3)11-14-13-10(17-11)9(16)8-6-5-7-15(8)4/h8H,5-7H2,1-4H3/t8-/m0/s1. The Morgan fingerprint density at radius 2 is 2.12 bits per heavy atom. The highest BCUT2D eigenvalue weighted by Gasteiger charge is 2.33. The van der Waals surface area contributed by atoms with E-state index >= 15 is 0 Å². The van der Waals surface area contributed by atoms with Crippen LogP contribution < -0.4 is 0 Å². The van der Waals surface area contributed by atoms with Crippen LogP contribution in [0.1, 0.15) is 50.2 Å². The fourth-order valence-electron chi connectivity index (χ4n) is 2.01. The first-order valence-electron chi connectivity index (χ1n) is 5.98. The topological polar surface area (TPSA) is 59.2 Å². The van der Waals surface area contributed by atoms with Gasteiger partial charge in [0.2, 0.25) is 11.7 Å². The molecule has 5 nitrogen and oxygen atoms in total. The number of hydrogen-bond acceptors (Lipinski definition) is 5. The summed E-state index contributed by atoms with van der Waals surface area (Å²) >= 11 is 0. The van der Waals surface area contributed by atoms with E-state index in [2.05, 4.69) is 10.2 Å². The molecule has 1 aromatic rings. The number of ketones is 1. The van der Waals surface area contributed by atoms with Gasteiger partial charge in [0.25, 0.3) is 5.89 Å². The molecule has 0 bridgehead atoms. The number of aromatic nitrogens is 2. The van der Waals surface area contributed by atoms with Crippen molar-refractivity contribution in [2.45, 2.75) is 45.1 Å². The number of carbonyl (C=O) groups excluding carboxylic acids is 1. The van der Waals surface area contributed by atoms with Crippen molar-refractivity contribution in [3.8, 4) is 0 Å². The number of Topliss-reactive ketones (excluding diaryl/α,β-unsaturated/α-hetero) is 1. The van der Waals surface area contributed by atoms with Crippen LogP contribution in [0, 0.1) is 0 Å². The maximum atomic E-state index is 12.2. The van der Waals surface area contributed by atoms with Gasteiger partial charge in [0.15, 0.2) is 0 Å². The summed E-state index contributed by atoms with van der Waals surface area (Å²) in [5.74, 6) is 0.614. The molecular weight excluding hydrogens is 218 g/mol. The van der Waals surface area contributed by atoms with Crippen LogP contribution in [0.5, 0.6) is 0 Å².